The van der Waals surface area contributed by atoms with Gasteiger partial charge in [0, 0.05) is 24.9 Å². The zero-order valence-corrected chi connectivity index (χ0v) is 15.5. The van der Waals surface area contributed by atoms with E-state index in [0.29, 0.717) is 23.3 Å². The van der Waals surface area contributed by atoms with Crippen LogP contribution >= 0.6 is 11.3 Å². The SMILES string of the molecule is CC(=O)N(c1ccccc1)c1nc(C=CC(=O)NCCC(C)C)cs1. The number of nitrogens with one attached hydrogen (secondary N) is 1. The maximum atomic E-state index is 12.0. The van der Waals surface area contributed by atoms with Crippen LogP contribution in [0.4, 0.5) is 10.8 Å². The standard InChI is InChI=1S/C19H23N3O2S/c1-14(2)11-12-20-18(24)10-9-16-13-25-19(21-16)22(15(3)23)17-7-5-4-6-8-17/h4-10,13-14H,11-12H2,1-3H3,(H,20,24). The molecule has 1 N–H and O–H groups in total. The lowest BCUT2D eigenvalue weighted by atomic mass is 10.1. The Kier molecular flexibility index (Phi) is 6.89. The summed E-state index contributed by atoms with van der Waals surface area (Å²) in [7, 11) is 0. The second-order valence-corrected chi connectivity index (χ2v) is 6.89. The van der Waals surface area contributed by atoms with Crippen molar-refractivity contribution in [2.24, 2.45) is 5.92 Å². The monoisotopic (exact) mass is 357 g/mol. The molecule has 1 heterocycles. The summed E-state index contributed by atoms with van der Waals surface area (Å²) >= 11 is 1.37. The summed E-state index contributed by atoms with van der Waals surface area (Å²) in [5, 5.41) is 5.25. The van der Waals surface area contributed by atoms with E-state index >= 15 is 0 Å². The van der Waals surface area contributed by atoms with Gasteiger partial charge >= 0.3 is 0 Å². The Morgan fingerprint density at radius 3 is 2.64 bits per heavy atom. The Bertz CT molecular complexity index is 738. The first-order chi connectivity index (χ1) is 12.0. The van der Waals surface area contributed by atoms with Gasteiger partial charge in [0.2, 0.25) is 11.8 Å². The van der Waals surface area contributed by atoms with Crippen molar-refractivity contribution in [3.63, 3.8) is 0 Å². The molecule has 0 saturated heterocycles. The normalized spacial score (nSPS) is 11.0. The van der Waals surface area contributed by atoms with Gasteiger partial charge in [-0.3, -0.25) is 14.5 Å². The highest BCUT2D eigenvalue weighted by molar-refractivity contribution is 7.14. The van der Waals surface area contributed by atoms with Crippen molar-refractivity contribution in [3.8, 4) is 0 Å². The third kappa shape index (κ3) is 5.83. The van der Waals surface area contributed by atoms with Crippen LogP contribution in [0.25, 0.3) is 6.08 Å². The molecular formula is C19H23N3O2S. The highest BCUT2D eigenvalue weighted by Crippen LogP contribution is 2.28. The number of anilines is 2. The number of benzene rings is 1. The van der Waals surface area contributed by atoms with Crippen LogP contribution in [-0.2, 0) is 9.59 Å². The Hall–Kier alpha value is -2.47. The zero-order chi connectivity index (χ0) is 18.2. The quantitative estimate of drug-likeness (QED) is 0.762. The first kappa shape index (κ1) is 18.9. The van der Waals surface area contributed by atoms with E-state index in [1.807, 2.05) is 35.7 Å². The first-order valence-electron chi connectivity index (χ1n) is 8.24. The lowest BCUT2D eigenvalue weighted by Crippen LogP contribution is -2.23. The summed E-state index contributed by atoms with van der Waals surface area (Å²) in [6.07, 6.45) is 4.08. The van der Waals surface area contributed by atoms with Gasteiger partial charge < -0.3 is 5.32 Å². The smallest absolute Gasteiger partial charge is 0.244 e. The third-order valence-corrected chi connectivity index (χ3v) is 4.30. The largest absolute Gasteiger partial charge is 0.353 e. The van der Waals surface area contributed by atoms with Crippen molar-refractivity contribution in [1.29, 1.82) is 0 Å². The highest BCUT2D eigenvalue weighted by Gasteiger charge is 2.17. The van der Waals surface area contributed by atoms with Gasteiger partial charge in [-0.2, -0.15) is 0 Å². The molecule has 0 aliphatic heterocycles. The fraction of sp³-hybridized carbons (Fsp3) is 0.316. The molecule has 0 aliphatic carbocycles. The second-order valence-electron chi connectivity index (χ2n) is 6.05. The Balaban J connectivity index is 2.04. The molecule has 0 unspecified atom stereocenters. The number of hydrogen-bond acceptors (Lipinski definition) is 4. The van der Waals surface area contributed by atoms with Crippen LogP contribution in [0.3, 0.4) is 0 Å². The van der Waals surface area contributed by atoms with Crippen molar-refractivity contribution < 1.29 is 9.59 Å². The van der Waals surface area contributed by atoms with E-state index in [1.54, 1.807) is 11.0 Å². The van der Waals surface area contributed by atoms with Crippen molar-refractivity contribution >= 4 is 40.0 Å². The number of amides is 2. The van der Waals surface area contributed by atoms with Gasteiger partial charge in [-0.25, -0.2) is 4.98 Å². The predicted octanol–water partition coefficient (Wildman–Crippen LogP) is 4.00. The van der Waals surface area contributed by atoms with Crippen LogP contribution in [0.5, 0.6) is 0 Å². The van der Waals surface area contributed by atoms with Gasteiger partial charge in [0.1, 0.15) is 0 Å². The number of nitrogens with zero attached hydrogens (tertiary/aromatic N) is 2. The molecule has 6 heteroatoms. The fourth-order valence-electron chi connectivity index (χ4n) is 2.16. The van der Waals surface area contributed by atoms with E-state index in [0.717, 1.165) is 12.1 Å². The van der Waals surface area contributed by atoms with Crippen molar-refractivity contribution in [2.45, 2.75) is 27.2 Å². The number of para-hydroxylation sites is 1. The van der Waals surface area contributed by atoms with Crippen LogP contribution in [-0.4, -0.2) is 23.3 Å². The van der Waals surface area contributed by atoms with Gasteiger partial charge in [-0.1, -0.05) is 32.0 Å². The van der Waals surface area contributed by atoms with Gasteiger partial charge in [0.25, 0.3) is 0 Å². The summed E-state index contributed by atoms with van der Waals surface area (Å²) in [5.74, 6) is 0.310. The molecule has 25 heavy (non-hydrogen) atoms. The minimum Gasteiger partial charge on any atom is -0.353 e. The van der Waals surface area contributed by atoms with Gasteiger partial charge in [0.05, 0.1) is 11.4 Å². The minimum atomic E-state index is -0.137. The molecule has 0 fully saturated rings. The number of hydrogen-bond donors (Lipinski definition) is 1. The number of carbonyl (C=O) groups is 2. The van der Waals surface area contributed by atoms with E-state index in [1.165, 1.54) is 24.3 Å². The van der Waals surface area contributed by atoms with Crippen molar-refractivity contribution in [2.75, 3.05) is 11.4 Å². The second kappa shape index (κ2) is 9.13. The highest BCUT2D eigenvalue weighted by atomic mass is 32.1. The summed E-state index contributed by atoms with van der Waals surface area (Å²) in [6, 6.07) is 9.37. The molecule has 0 atom stereocenters. The zero-order valence-electron chi connectivity index (χ0n) is 14.7. The average Bonchev–Trinajstić information content (AvgIpc) is 3.02. The molecule has 0 radical (unpaired) electrons. The topological polar surface area (TPSA) is 62.3 Å². The Morgan fingerprint density at radius 2 is 2.00 bits per heavy atom. The molecule has 0 saturated carbocycles. The molecule has 1 aromatic carbocycles. The summed E-state index contributed by atoms with van der Waals surface area (Å²) in [6.45, 7) is 6.40. The first-order valence-corrected chi connectivity index (χ1v) is 9.12. The summed E-state index contributed by atoms with van der Waals surface area (Å²) in [4.78, 5) is 29.8. The number of rotatable bonds is 7. The number of carbonyl (C=O) groups excluding carboxylic acids is 2. The van der Waals surface area contributed by atoms with E-state index in [9.17, 15) is 9.59 Å². The van der Waals surface area contributed by atoms with E-state index in [4.69, 9.17) is 0 Å². The molecule has 0 bridgehead atoms. The number of aromatic nitrogens is 1. The molecule has 0 spiro atoms. The van der Waals surface area contributed by atoms with Crippen molar-refractivity contribution in [3.05, 3.63) is 47.5 Å². The van der Waals surface area contributed by atoms with Gasteiger partial charge in [-0.15, -0.1) is 11.3 Å². The lowest BCUT2D eigenvalue weighted by molar-refractivity contribution is -0.117. The fourth-order valence-corrected chi connectivity index (χ4v) is 3.02. The molecule has 1 aromatic heterocycles. The van der Waals surface area contributed by atoms with E-state index in [2.05, 4.69) is 24.1 Å². The van der Waals surface area contributed by atoms with E-state index in [-0.39, 0.29) is 11.8 Å². The molecule has 0 aliphatic rings. The predicted molar refractivity (Wildman–Crippen MR) is 103 cm³/mol. The number of thiazole rings is 1. The maximum Gasteiger partial charge on any atom is 0.244 e. The van der Waals surface area contributed by atoms with Gasteiger partial charge in [-0.05, 0) is 30.5 Å². The Morgan fingerprint density at radius 1 is 1.28 bits per heavy atom. The summed E-state index contributed by atoms with van der Waals surface area (Å²) < 4.78 is 0. The Labute approximate surface area is 152 Å². The minimum absolute atomic E-state index is 0.109. The van der Waals surface area contributed by atoms with Crippen molar-refractivity contribution in [1.82, 2.24) is 10.3 Å². The molecule has 132 valence electrons. The van der Waals surface area contributed by atoms with Crippen LogP contribution in [0.15, 0.2) is 41.8 Å². The van der Waals surface area contributed by atoms with Crippen LogP contribution in [0.1, 0.15) is 32.9 Å². The lowest BCUT2D eigenvalue weighted by Gasteiger charge is -2.17. The van der Waals surface area contributed by atoms with Crippen LogP contribution in [0, 0.1) is 5.92 Å². The molecule has 2 rings (SSSR count). The summed E-state index contributed by atoms with van der Waals surface area (Å²) in [5.41, 5.74) is 1.42. The molecule has 2 aromatic rings. The van der Waals surface area contributed by atoms with Crippen LogP contribution < -0.4 is 10.2 Å². The van der Waals surface area contributed by atoms with Crippen LogP contribution in [0.2, 0.25) is 0 Å². The molecular weight excluding hydrogens is 334 g/mol. The molecule has 5 nitrogen and oxygen atoms in total. The van der Waals surface area contributed by atoms with Gasteiger partial charge in [0.15, 0.2) is 5.13 Å². The third-order valence-electron chi connectivity index (χ3n) is 3.46. The maximum absolute atomic E-state index is 12.0. The molecule has 2 amide bonds. The average molecular weight is 357 g/mol. The van der Waals surface area contributed by atoms with E-state index < -0.39 is 0 Å².